The molecule has 1 aliphatic rings. The molecule has 0 aromatic rings. The fraction of sp³-hybridized carbons (Fsp3) is 0.889. The van der Waals surface area contributed by atoms with Crippen LogP contribution >= 0.6 is 11.8 Å². The number of carbonyl (C=O) groups is 1. The fourth-order valence-electron chi connectivity index (χ4n) is 1.66. The van der Waals surface area contributed by atoms with Crippen LogP contribution in [0.15, 0.2) is 0 Å². The minimum absolute atomic E-state index is 0.0176. The van der Waals surface area contributed by atoms with Crippen molar-refractivity contribution in [2.75, 3.05) is 0 Å². The van der Waals surface area contributed by atoms with Crippen LogP contribution in [0.4, 0.5) is 13.2 Å². The molecule has 0 aromatic carbocycles. The van der Waals surface area contributed by atoms with Gasteiger partial charge >= 0.3 is 12.1 Å². The highest BCUT2D eigenvalue weighted by atomic mass is 32.2. The van der Waals surface area contributed by atoms with Crippen molar-refractivity contribution in [2.24, 2.45) is 0 Å². The molecule has 1 N–H and O–H groups in total. The van der Waals surface area contributed by atoms with E-state index in [0.29, 0.717) is 0 Å². The Morgan fingerprint density at radius 2 is 1.93 bits per heavy atom. The first-order valence-electron chi connectivity index (χ1n) is 4.83. The molecule has 0 aromatic heterocycles. The van der Waals surface area contributed by atoms with Crippen LogP contribution in [0.3, 0.4) is 0 Å². The van der Waals surface area contributed by atoms with Gasteiger partial charge in [0.05, 0.1) is 6.42 Å². The van der Waals surface area contributed by atoms with Crippen molar-refractivity contribution >= 4 is 17.7 Å². The molecular formula is C9H13F3O2S. The number of aliphatic carboxylic acids is 1. The second kappa shape index (κ2) is 5.09. The summed E-state index contributed by atoms with van der Waals surface area (Å²) in [7, 11) is 0. The lowest BCUT2D eigenvalue weighted by atomic mass is 10.3. The van der Waals surface area contributed by atoms with Crippen LogP contribution < -0.4 is 0 Å². The van der Waals surface area contributed by atoms with Crippen LogP contribution in [0.1, 0.15) is 32.1 Å². The molecular weight excluding hydrogens is 229 g/mol. The average molecular weight is 242 g/mol. The molecule has 1 saturated carbocycles. The maximum Gasteiger partial charge on any atom is 0.401 e. The quantitative estimate of drug-likeness (QED) is 0.823. The molecule has 0 radical (unpaired) electrons. The third-order valence-corrected chi connectivity index (χ3v) is 4.00. The first-order chi connectivity index (χ1) is 6.89. The van der Waals surface area contributed by atoms with Crippen LogP contribution in [0.2, 0.25) is 0 Å². The zero-order valence-electron chi connectivity index (χ0n) is 8.09. The van der Waals surface area contributed by atoms with E-state index in [1.807, 2.05) is 0 Å². The highest BCUT2D eigenvalue weighted by Gasteiger charge is 2.42. The van der Waals surface area contributed by atoms with Gasteiger partial charge in [-0.05, 0) is 12.8 Å². The van der Waals surface area contributed by atoms with Gasteiger partial charge in [0.25, 0.3) is 0 Å². The topological polar surface area (TPSA) is 37.3 Å². The predicted octanol–water partition coefficient (Wildman–Crippen LogP) is 3.07. The van der Waals surface area contributed by atoms with Crippen molar-refractivity contribution in [3.05, 3.63) is 0 Å². The third-order valence-electron chi connectivity index (χ3n) is 2.38. The van der Waals surface area contributed by atoms with Gasteiger partial charge in [-0.15, -0.1) is 11.8 Å². The highest BCUT2D eigenvalue weighted by Crippen LogP contribution is 2.40. The second-order valence-corrected chi connectivity index (χ2v) is 5.18. The van der Waals surface area contributed by atoms with E-state index in [1.165, 1.54) is 0 Å². The molecule has 0 amide bonds. The van der Waals surface area contributed by atoms with E-state index in [4.69, 9.17) is 5.11 Å². The summed E-state index contributed by atoms with van der Waals surface area (Å²) < 4.78 is 37.3. The number of thioether (sulfide) groups is 1. The van der Waals surface area contributed by atoms with E-state index >= 15 is 0 Å². The number of rotatable bonds is 4. The maximum atomic E-state index is 12.4. The Labute approximate surface area is 90.2 Å². The normalized spacial score (nSPS) is 20.5. The number of halogens is 3. The van der Waals surface area contributed by atoms with Gasteiger partial charge in [-0.3, -0.25) is 4.79 Å². The summed E-state index contributed by atoms with van der Waals surface area (Å²) in [5.41, 5.74) is 0. The third kappa shape index (κ3) is 4.32. The summed E-state index contributed by atoms with van der Waals surface area (Å²) >= 11 is 0.782. The summed E-state index contributed by atoms with van der Waals surface area (Å²) in [5.74, 6) is -1.39. The number of carboxylic acids is 1. The molecule has 88 valence electrons. The lowest BCUT2D eigenvalue weighted by Crippen LogP contribution is -2.30. The van der Waals surface area contributed by atoms with Crippen LogP contribution in [-0.2, 0) is 4.79 Å². The highest BCUT2D eigenvalue weighted by molar-refractivity contribution is 8.00. The first-order valence-corrected chi connectivity index (χ1v) is 5.78. The van der Waals surface area contributed by atoms with Crippen LogP contribution in [0.25, 0.3) is 0 Å². The maximum absolute atomic E-state index is 12.4. The molecule has 1 atom stereocenters. The average Bonchev–Trinajstić information content (AvgIpc) is 2.53. The van der Waals surface area contributed by atoms with E-state index in [-0.39, 0.29) is 5.25 Å². The zero-order chi connectivity index (χ0) is 11.5. The summed E-state index contributed by atoms with van der Waals surface area (Å²) in [6.45, 7) is 0. The van der Waals surface area contributed by atoms with Crippen LogP contribution in [0.5, 0.6) is 0 Å². The standard InChI is InChI=1S/C9H13F3O2S/c10-9(11,12)7(5-8(13)14)15-6-3-1-2-4-6/h6-7H,1-5H2,(H,13,14). The molecule has 0 bridgehead atoms. The van der Waals surface area contributed by atoms with E-state index in [0.717, 1.165) is 37.4 Å². The summed E-state index contributed by atoms with van der Waals surface area (Å²) in [5, 5.41) is 6.64. The monoisotopic (exact) mass is 242 g/mol. The number of hydrogen-bond donors (Lipinski definition) is 1. The molecule has 1 fully saturated rings. The minimum Gasteiger partial charge on any atom is -0.481 e. The molecule has 1 aliphatic carbocycles. The van der Waals surface area contributed by atoms with Gasteiger partial charge in [0.2, 0.25) is 0 Å². The summed E-state index contributed by atoms with van der Waals surface area (Å²) in [4.78, 5) is 10.3. The van der Waals surface area contributed by atoms with Crippen molar-refractivity contribution in [2.45, 2.75) is 48.8 Å². The van der Waals surface area contributed by atoms with Crippen molar-refractivity contribution < 1.29 is 23.1 Å². The molecule has 0 aliphatic heterocycles. The largest absolute Gasteiger partial charge is 0.481 e. The molecule has 1 rings (SSSR count). The molecule has 6 heteroatoms. The predicted molar refractivity (Wildman–Crippen MR) is 51.9 cm³/mol. The lowest BCUT2D eigenvalue weighted by Gasteiger charge is -2.21. The van der Waals surface area contributed by atoms with Crippen LogP contribution in [-0.4, -0.2) is 27.8 Å². The van der Waals surface area contributed by atoms with Crippen molar-refractivity contribution in [3.63, 3.8) is 0 Å². The number of alkyl halides is 3. The summed E-state index contributed by atoms with van der Waals surface area (Å²) in [6, 6.07) is 0. The summed E-state index contributed by atoms with van der Waals surface area (Å²) in [6.07, 6.45) is -1.78. The van der Waals surface area contributed by atoms with Gasteiger partial charge in [0.15, 0.2) is 0 Å². The smallest absolute Gasteiger partial charge is 0.401 e. The second-order valence-electron chi connectivity index (χ2n) is 3.67. The van der Waals surface area contributed by atoms with Gasteiger partial charge in [-0.25, -0.2) is 0 Å². The Kier molecular flexibility index (Phi) is 4.31. The Hall–Kier alpha value is -0.390. The molecule has 0 spiro atoms. The molecule has 15 heavy (non-hydrogen) atoms. The van der Waals surface area contributed by atoms with Crippen molar-refractivity contribution in [3.8, 4) is 0 Å². The SMILES string of the molecule is O=C(O)CC(SC1CCCC1)C(F)(F)F. The molecule has 0 saturated heterocycles. The Bertz CT molecular complexity index is 224. The molecule has 0 heterocycles. The van der Waals surface area contributed by atoms with Gasteiger partial charge < -0.3 is 5.11 Å². The first kappa shape index (κ1) is 12.7. The Morgan fingerprint density at radius 1 is 1.40 bits per heavy atom. The van der Waals surface area contributed by atoms with Crippen molar-refractivity contribution in [1.82, 2.24) is 0 Å². The van der Waals surface area contributed by atoms with Gasteiger partial charge in [0, 0.05) is 5.25 Å². The Morgan fingerprint density at radius 3 is 2.33 bits per heavy atom. The molecule has 2 nitrogen and oxygen atoms in total. The minimum atomic E-state index is -4.41. The van der Waals surface area contributed by atoms with E-state index in [9.17, 15) is 18.0 Å². The lowest BCUT2D eigenvalue weighted by molar-refractivity contribution is -0.149. The van der Waals surface area contributed by atoms with Crippen LogP contribution in [0, 0.1) is 0 Å². The number of hydrogen-bond acceptors (Lipinski definition) is 2. The van der Waals surface area contributed by atoms with Gasteiger partial charge in [0.1, 0.15) is 5.25 Å². The molecule has 1 unspecified atom stereocenters. The fourth-order valence-corrected chi connectivity index (χ4v) is 3.12. The Balaban J connectivity index is 2.51. The van der Waals surface area contributed by atoms with E-state index in [1.54, 1.807) is 0 Å². The number of carboxylic acid groups (broad SMARTS) is 1. The zero-order valence-corrected chi connectivity index (χ0v) is 8.90. The van der Waals surface area contributed by atoms with Gasteiger partial charge in [-0.2, -0.15) is 13.2 Å². The van der Waals surface area contributed by atoms with Gasteiger partial charge in [-0.1, -0.05) is 12.8 Å². The van der Waals surface area contributed by atoms with E-state index in [2.05, 4.69) is 0 Å². The van der Waals surface area contributed by atoms with Crippen molar-refractivity contribution in [1.29, 1.82) is 0 Å². The van der Waals surface area contributed by atoms with E-state index < -0.39 is 23.8 Å².